The van der Waals surface area contributed by atoms with Gasteiger partial charge in [0.1, 0.15) is 6.54 Å². The molecule has 8 nitrogen and oxygen atoms in total. The number of hydrogen-bond donors (Lipinski definition) is 4. The average Bonchev–Trinajstić information content (AvgIpc) is 1.96. The molecule has 0 saturated heterocycles. The fraction of sp³-hybridized carbons (Fsp3) is 0.333. The van der Waals surface area contributed by atoms with Gasteiger partial charge in [-0.2, -0.15) is 0 Å². The second-order valence-electron chi connectivity index (χ2n) is 1.55. The van der Waals surface area contributed by atoms with Crippen LogP contribution in [0.25, 0.3) is 0 Å². The van der Waals surface area contributed by atoms with Crippen molar-refractivity contribution >= 4 is 23.2 Å². The Morgan fingerprint density at radius 3 is 2.67 bits per heavy atom. The third kappa shape index (κ3) is 6.92. The predicted octanol–water partition coefficient (Wildman–Crippen LogP) is -2.56. The highest BCUT2D eigenvalue weighted by Crippen LogP contribution is 1.76. The van der Waals surface area contributed by atoms with Crippen molar-refractivity contribution in [3.05, 3.63) is 0 Å². The Bertz CT molecular complexity index is 212. The zero-order chi connectivity index (χ0) is 9.56. The normalized spacial score (nSPS) is 11.8. The zero-order valence-corrected chi connectivity index (χ0v) is 6.71. The molecule has 9 heteroatoms. The number of hydrogen-bond acceptors (Lipinski definition) is 4. The van der Waals surface area contributed by atoms with E-state index in [1.807, 2.05) is 0 Å². The zero-order valence-electron chi connectivity index (χ0n) is 5.89. The number of nitrogens with two attached hydrogens (primary N) is 2. The maximum atomic E-state index is 10.5. The Kier molecular flexibility index (Phi) is 4.92. The van der Waals surface area contributed by atoms with Crippen molar-refractivity contribution in [3.8, 4) is 0 Å². The van der Waals surface area contributed by atoms with Crippen molar-refractivity contribution in [2.45, 2.75) is 0 Å². The second kappa shape index (κ2) is 5.46. The molecule has 1 unspecified atom stereocenters. The molecular formula is C3H8N4O4S. The number of guanidine groups is 1. The molecule has 0 heterocycles. The van der Waals surface area contributed by atoms with Gasteiger partial charge in [-0.15, -0.1) is 0 Å². The van der Waals surface area contributed by atoms with Crippen molar-refractivity contribution in [1.82, 2.24) is 4.89 Å². The second-order valence-corrected chi connectivity index (χ2v) is 2.21. The van der Waals surface area contributed by atoms with Crippen LogP contribution in [0, 0.1) is 0 Å². The maximum absolute atomic E-state index is 10.5. The fourth-order valence-electron chi connectivity index (χ4n) is 0.270. The highest BCUT2D eigenvalue weighted by molar-refractivity contribution is 7.76. The summed E-state index contributed by atoms with van der Waals surface area (Å²) in [5.74, 6) is -1.14. The van der Waals surface area contributed by atoms with E-state index in [-0.39, 0.29) is 5.96 Å². The van der Waals surface area contributed by atoms with E-state index in [9.17, 15) is 9.00 Å². The minimum absolute atomic E-state index is 0.267. The van der Waals surface area contributed by atoms with E-state index in [1.165, 1.54) is 4.89 Å². The number of aliphatic imine (C=N–C) groups is 1. The van der Waals surface area contributed by atoms with Crippen molar-refractivity contribution in [1.29, 1.82) is 0 Å². The summed E-state index contributed by atoms with van der Waals surface area (Å²) in [5, 5.41) is 0. The first kappa shape index (κ1) is 10.8. The van der Waals surface area contributed by atoms with E-state index >= 15 is 0 Å². The molecule has 0 aliphatic rings. The molecular weight excluding hydrogens is 188 g/mol. The molecule has 70 valence electrons. The van der Waals surface area contributed by atoms with Gasteiger partial charge in [-0.05, 0) is 4.89 Å². The lowest BCUT2D eigenvalue weighted by atomic mass is 10.7. The van der Waals surface area contributed by atoms with Gasteiger partial charge < -0.3 is 16.3 Å². The molecule has 6 N–H and O–H groups in total. The topological polar surface area (TPSA) is 140 Å². The molecule has 1 atom stereocenters. The lowest BCUT2D eigenvalue weighted by molar-refractivity contribution is -0.145. The smallest absolute Gasteiger partial charge is 0.347 e. The van der Waals surface area contributed by atoms with Gasteiger partial charge in [0.15, 0.2) is 5.96 Å². The van der Waals surface area contributed by atoms with Crippen molar-refractivity contribution in [2.24, 2.45) is 16.5 Å². The predicted molar refractivity (Wildman–Crippen MR) is 40.7 cm³/mol. The Labute approximate surface area is 70.3 Å². The van der Waals surface area contributed by atoms with Crippen LogP contribution in [0.15, 0.2) is 4.99 Å². The van der Waals surface area contributed by atoms with Crippen LogP contribution in [-0.2, 0) is 20.9 Å². The third-order valence-corrected chi connectivity index (χ3v) is 0.843. The fourth-order valence-corrected chi connectivity index (χ4v) is 0.434. The molecule has 0 radical (unpaired) electrons. The summed E-state index contributed by atoms with van der Waals surface area (Å²) in [5.41, 5.74) is 9.77. The summed E-state index contributed by atoms with van der Waals surface area (Å²) >= 11 is -2.40. The van der Waals surface area contributed by atoms with Crippen LogP contribution in [-0.4, -0.2) is 27.2 Å². The van der Waals surface area contributed by atoms with Gasteiger partial charge in [-0.1, -0.05) is 0 Å². The molecule has 0 fully saturated rings. The molecule has 0 saturated carbocycles. The first-order valence-electron chi connectivity index (χ1n) is 2.64. The molecule has 0 aliphatic carbocycles. The van der Waals surface area contributed by atoms with Gasteiger partial charge in [0.2, 0.25) is 0 Å². The molecule has 0 aromatic heterocycles. The summed E-state index contributed by atoms with van der Waals surface area (Å²) in [6.07, 6.45) is 0. The summed E-state index contributed by atoms with van der Waals surface area (Å²) < 4.78 is 18.0. The van der Waals surface area contributed by atoms with Crippen LogP contribution in [0.5, 0.6) is 0 Å². The van der Waals surface area contributed by atoms with E-state index in [1.54, 1.807) is 0 Å². The number of nitrogens with zero attached hydrogens (tertiary/aromatic N) is 1. The van der Waals surface area contributed by atoms with E-state index in [0.29, 0.717) is 0 Å². The van der Waals surface area contributed by atoms with Crippen LogP contribution >= 0.6 is 0 Å². The van der Waals surface area contributed by atoms with Gasteiger partial charge in [0.05, 0.1) is 0 Å². The SMILES string of the molecule is NC(N)=NCC(=O)ONS(=O)O. The highest BCUT2D eigenvalue weighted by atomic mass is 32.2. The Morgan fingerprint density at radius 2 is 2.25 bits per heavy atom. The first-order chi connectivity index (χ1) is 5.52. The van der Waals surface area contributed by atoms with Gasteiger partial charge in [0, 0.05) is 0 Å². The average molecular weight is 196 g/mol. The number of carbonyl (C=O) groups is 1. The Balaban J connectivity index is 3.61. The number of rotatable bonds is 4. The molecule has 0 aromatic rings. The van der Waals surface area contributed by atoms with Crippen LogP contribution in [0.2, 0.25) is 0 Å². The van der Waals surface area contributed by atoms with Crippen molar-refractivity contribution in [2.75, 3.05) is 6.54 Å². The Hall–Kier alpha value is -1.19. The van der Waals surface area contributed by atoms with Crippen molar-refractivity contribution in [3.63, 3.8) is 0 Å². The van der Waals surface area contributed by atoms with E-state index < -0.39 is 23.8 Å². The minimum atomic E-state index is -2.40. The van der Waals surface area contributed by atoms with Gasteiger partial charge >= 0.3 is 5.97 Å². The van der Waals surface area contributed by atoms with Crippen molar-refractivity contribution < 1.29 is 18.4 Å². The molecule has 0 aromatic carbocycles. The van der Waals surface area contributed by atoms with Gasteiger partial charge in [-0.3, -0.25) is 4.55 Å². The first-order valence-corrected chi connectivity index (χ1v) is 3.74. The van der Waals surface area contributed by atoms with Crippen LogP contribution in [0.1, 0.15) is 0 Å². The molecule has 0 aliphatic heterocycles. The standard InChI is InChI=1S/C3H8N4O4S/c4-3(5)6-1-2(8)11-7-12(9)10/h7H,1H2,(H,9,10)(H4,4,5,6). The molecule has 12 heavy (non-hydrogen) atoms. The number of nitrogens with one attached hydrogen (secondary N) is 1. The summed E-state index contributed by atoms with van der Waals surface area (Å²) in [4.78, 5) is 19.3. The summed E-state index contributed by atoms with van der Waals surface area (Å²) in [7, 11) is 0. The maximum Gasteiger partial charge on any atom is 0.347 e. The van der Waals surface area contributed by atoms with E-state index in [4.69, 9.17) is 16.0 Å². The highest BCUT2D eigenvalue weighted by Gasteiger charge is 2.02. The summed E-state index contributed by atoms with van der Waals surface area (Å²) in [6, 6.07) is 0. The molecule has 0 bridgehead atoms. The van der Waals surface area contributed by atoms with Crippen LogP contribution in [0.3, 0.4) is 0 Å². The van der Waals surface area contributed by atoms with E-state index in [2.05, 4.69) is 9.83 Å². The third-order valence-electron chi connectivity index (χ3n) is 0.618. The lowest BCUT2D eigenvalue weighted by Gasteiger charge is -1.98. The number of carbonyl (C=O) groups excluding carboxylic acids is 1. The summed E-state index contributed by atoms with van der Waals surface area (Å²) in [6.45, 7) is -0.410. The quantitative estimate of drug-likeness (QED) is 0.169. The lowest BCUT2D eigenvalue weighted by Crippen LogP contribution is -2.27. The van der Waals surface area contributed by atoms with Crippen LogP contribution < -0.4 is 16.4 Å². The largest absolute Gasteiger partial charge is 0.370 e. The molecule has 0 spiro atoms. The Morgan fingerprint density at radius 1 is 1.67 bits per heavy atom. The van der Waals surface area contributed by atoms with Gasteiger partial charge in [0.25, 0.3) is 11.3 Å². The van der Waals surface area contributed by atoms with Gasteiger partial charge in [-0.25, -0.2) is 14.0 Å². The molecule has 0 amide bonds. The monoisotopic (exact) mass is 196 g/mol. The van der Waals surface area contributed by atoms with Crippen LogP contribution in [0.4, 0.5) is 0 Å². The molecule has 0 rings (SSSR count). The minimum Gasteiger partial charge on any atom is -0.370 e. The van der Waals surface area contributed by atoms with E-state index in [0.717, 1.165) is 0 Å².